The zero-order chi connectivity index (χ0) is 10.6. The molecule has 0 fully saturated rings. The quantitative estimate of drug-likeness (QED) is 0.671. The van der Waals surface area contributed by atoms with Crippen LogP contribution in [0.5, 0.6) is 5.88 Å². The fraction of sp³-hybridized carbons (Fsp3) is 0.375. The summed E-state index contributed by atoms with van der Waals surface area (Å²) < 4.78 is 9.17. The second-order valence-electron chi connectivity index (χ2n) is 2.38. The molecule has 1 atom stereocenters. The summed E-state index contributed by atoms with van der Waals surface area (Å²) in [6.45, 7) is 0. The van der Waals surface area contributed by atoms with E-state index in [0.717, 1.165) is 0 Å². The van der Waals surface area contributed by atoms with Gasteiger partial charge in [-0.25, -0.2) is 9.78 Å². The fourth-order valence-electron chi connectivity index (χ4n) is 0.904. The molecule has 1 N–H and O–H groups in total. The highest BCUT2D eigenvalue weighted by atomic mass is 16.5. The molecule has 0 saturated heterocycles. The van der Waals surface area contributed by atoms with Crippen LogP contribution in [0.4, 0.5) is 0 Å². The van der Waals surface area contributed by atoms with Crippen molar-refractivity contribution in [3.05, 3.63) is 18.1 Å². The topological polar surface area (TPSA) is 81.5 Å². The summed E-state index contributed by atoms with van der Waals surface area (Å²) in [5.41, 5.74) is 0.0434. The summed E-state index contributed by atoms with van der Waals surface area (Å²) in [5.74, 6) is -0.700. The van der Waals surface area contributed by atoms with Crippen LogP contribution < -0.4 is 4.74 Å². The molecule has 0 aromatic carbocycles. The van der Waals surface area contributed by atoms with Crippen LogP contribution in [0.3, 0.4) is 0 Å². The van der Waals surface area contributed by atoms with Crippen LogP contribution in [0.2, 0.25) is 0 Å². The lowest BCUT2D eigenvalue weighted by atomic mass is 10.2. The molecule has 76 valence electrons. The van der Waals surface area contributed by atoms with Gasteiger partial charge in [0.2, 0.25) is 5.88 Å². The average Bonchev–Trinajstić information content (AvgIpc) is 2.26. The molecule has 0 aliphatic rings. The third-order valence-corrected chi connectivity index (χ3v) is 1.57. The van der Waals surface area contributed by atoms with Crippen LogP contribution in [-0.2, 0) is 9.53 Å². The first-order valence-electron chi connectivity index (χ1n) is 3.81. The summed E-state index contributed by atoms with van der Waals surface area (Å²) >= 11 is 0. The largest absolute Gasteiger partial charge is 0.480 e. The van der Waals surface area contributed by atoms with Gasteiger partial charge in [0.05, 0.1) is 14.2 Å². The molecule has 14 heavy (non-hydrogen) atoms. The monoisotopic (exact) mass is 198 g/mol. The second-order valence-corrected chi connectivity index (χ2v) is 2.38. The molecule has 0 saturated carbocycles. The van der Waals surface area contributed by atoms with E-state index in [0.29, 0.717) is 0 Å². The average molecular weight is 198 g/mol. The predicted molar refractivity (Wildman–Crippen MR) is 45.6 cm³/mol. The Kier molecular flexibility index (Phi) is 3.35. The molecule has 0 aliphatic carbocycles. The second kappa shape index (κ2) is 4.52. The van der Waals surface area contributed by atoms with Gasteiger partial charge in [-0.3, -0.25) is 4.98 Å². The van der Waals surface area contributed by atoms with E-state index in [-0.39, 0.29) is 11.6 Å². The number of aromatic nitrogens is 2. The Hall–Kier alpha value is -1.69. The molecule has 1 unspecified atom stereocenters. The number of esters is 1. The van der Waals surface area contributed by atoms with Gasteiger partial charge in [0, 0.05) is 12.4 Å². The minimum absolute atomic E-state index is 0.0434. The van der Waals surface area contributed by atoms with Gasteiger partial charge in [0.15, 0.2) is 6.10 Å². The van der Waals surface area contributed by atoms with E-state index in [1.807, 2.05) is 0 Å². The van der Waals surface area contributed by atoms with Crippen LogP contribution in [0.1, 0.15) is 11.8 Å². The molecule has 6 heteroatoms. The van der Waals surface area contributed by atoms with Crippen LogP contribution in [-0.4, -0.2) is 35.3 Å². The van der Waals surface area contributed by atoms with Gasteiger partial charge in [-0.15, -0.1) is 0 Å². The molecule has 0 amide bonds. The molecule has 1 rings (SSSR count). The maximum Gasteiger partial charge on any atom is 0.341 e. The number of hydrogen-bond acceptors (Lipinski definition) is 6. The van der Waals surface area contributed by atoms with E-state index in [9.17, 15) is 9.90 Å². The molecular formula is C8H10N2O4. The number of methoxy groups -OCH3 is 2. The maximum atomic E-state index is 11.0. The number of aliphatic hydroxyl groups is 1. The van der Waals surface area contributed by atoms with Gasteiger partial charge < -0.3 is 14.6 Å². The van der Waals surface area contributed by atoms with E-state index in [1.54, 1.807) is 0 Å². The van der Waals surface area contributed by atoms with Gasteiger partial charge in [-0.1, -0.05) is 0 Å². The van der Waals surface area contributed by atoms with Crippen molar-refractivity contribution in [1.82, 2.24) is 9.97 Å². The van der Waals surface area contributed by atoms with Crippen molar-refractivity contribution in [2.45, 2.75) is 6.10 Å². The molecule has 0 bridgehead atoms. The Morgan fingerprint density at radius 2 is 2.07 bits per heavy atom. The van der Waals surface area contributed by atoms with Crippen molar-refractivity contribution < 1.29 is 19.4 Å². The summed E-state index contributed by atoms with van der Waals surface area (Å²) in [6, 6.07) is 0. The zero-order valence-corrected chi connectivity index (χ0v) is 7.80. The highest BCUT2D eigenvalue weighted by Crippen LogP contribution is 2.19. The number of hydrogen-bond donors (Lipinski definition) is 1. The standard InChI is InChI=1S/C8H10N2O4/c1-13-7-5(9-3-4-10-7)6(11)8(12)14-2/h3-4,6,11H,1-2H3. The number of rotatable bonds is 3. The Labute approximate surface area is 80.5 Å². The van der Waals surface area contributed by atoms with Gasteiger partial charge in [0.25, 0.3) is 0 Å². The predicted octanol–water partition coefficient (Wildman–Crippen LogP) is -0.308. The SMILES string of the molecule is COC(=O)C(O)c1nccnc1OC. The first kappa shape index (κ1) is 10.4. The molecule has 1 heterocycles. The van der Waals surface area contributed by atoms with E-state index in [2.05, 4.69) is 14.7 Å². The number of carbonyl (C=O) groups is 1. The van der Waals surface area contributed by atoms with Crippen LogP contribution in [0, 0.1) is 0 Å². The van der Waals surface area contributed by atoms with Crippen molar-refractivity contribution in [1.29, 1.82) is 0 Å². The first-order chi connectivity index (χ1) is 6.70. The van der Waals surface area contributed by atoms with E-state index in [4.69, 9.17) is 4.74 Å². The third kappa shape index (κ3) is 1.97. The minimum Gasteiger partial charge on any atom is -0.480 e. The maximum absolute atomic E-state index is 11.0. The van der Waals surface area contributed by atoms with Crippen molar-refractivity contribution in [3.8, 4) is 5.88 Å². The number of aliphatic hydroxyl groups excluding tert-OH is 1. The van der Waals surface area contributed by atoms with Gasteiger partial charge in [-0.2, -0.15) is 0 Å². The molecule has 1 aromatic heterocycles. The molecular weight excluding hydrogens is 188 g/mol. The van der Waals surface area contributed by atoms with E-state index in [1.165, 1.54) is 26.6 Å². The molecule has 0 aliphatic heterocycles. The van der Waals surface area contributed by atoms with Gasteiger partial charge in [-0.05, 0) is 0 Å². The van der Waals surface area contributed by atoms with E-state index >= 15 is 0 Å². The Balaban J connectivity index is 2.99. The van der Waals surface area contributed by atoms with Gasteiger partial charge >= 0.3 is 5.97 Å². The van der Waals surface area contributed by atoms with Crippen molar-refractivity contribution in [2.75, 3.05) is 14.2 Å². The van der Waals surface area contributed by atoms with Crippen molar-refractivity contribution in [3.63, 3.8) is 0 Å². The van der Waals surface area contributed by atoms with Gasteiger partial charge in [0.1, 0.15) is 5.69 Å². The Bertz CT molecular complexity index is 329. The lowest BCUT2D eigenvalue weighted by Gasteiger charge is -2.09. The smallest absolute Gasteiger partial charge is 0.341 e. The zero-order valence-electron chi connectivity index (χ0n) is 7.80. The highest BCUT2D eigenvalue weighted by molar-refractivity contribution is 5.76. The number of nitrogens with zero attached hydrogens (tertiary/aromatic N) is 2. The third-order valence-electron chi connectivity index (χ3n) is 1.57. The summed E-state index contributed by atoms with van der Waals surface area (Å²) in [6.07, 6.45) is 1.28. The summed E-state index contributed by atoms with van der Waals surface area (Å²) in [5, 5.41) is 9.44. The van der Waals surface area contributed by atoms with Crippen LogP contribution >= 0.6 is 0 Å². The Morgan fingerprint density at radius 1 is 1.43 bits per heavy atom. The lowest BCUT2D eigenvalue weighted by Crippen LogP contribution is -2.16. The number of ether oxygens (including phenoxy) is 2. The van der Waals surface area contributed by atoms with E-state index < -0.39 is 12.1 Å². The fourth-order valence-corrected chi connectivity index (χ4v) is 0.904. The number of carbonyl (C=O) groups excluding carboxylic acids is 1. The lowest BCUT2D eigenvalue weighted by molar-refractivity contribution is -0.151. The normalized spacial score (nSPS) is 11.9. The van der Waals surface area contributed by atoms with Crippen LogP contribution in [0.25, 0.3) is 0 Å². The Morgan fingerprint density at radius 3 is 2.64 bits per heavy atom. The molecule has 0 radical (unpaired) electrons. The highest BCUT2D eigenvalue weighted by Gasteiger charge is 2.23. The molecule has 6 nitrogen and oxygen atoms in total. The molecule has 1 aromatic rings. The van der Waals surface area contributed by atoms with Crippen LogP contribution in [0.15, 0.2) is 12.4 Å². The minimum atomic E-state index is -1.47. The summed E-state index contributed by atoms with van der Waals surface area (Å²) in [4.78, 5) is 18.5. The summed E-state index contributed by atoms with van der Waals surface area (Å²) in [7, 11) is 2.55. The first-order valence-corrected chi connectivity index (χ1v) is 3.81. The van der Waals surface area contributed by atoms with Crippen molar-refractivity contribution >= 4 is 5.97 Å². The van der Waals surface area contributed by atoms with Crippen molar-refractivity contribution in [2.24, 2.45) is 0 Å². The molecule has 0 spiro atoms.